The van der Waals surface area contributed by atoms with Crippen LogP contribution in [0.25, 0.3) is 0 Å². The molecule has 76 valence electrons. The van der Waals surface area contributed by atoms with Gasteiger partial charge in [-0.1, -0.05) is 6.07 Å². The molecule has 1 rings (SSSR count). The predicted molar refractivity (Wildman–Crippen MR) is 57.2 cm³/mol. The van der Waals surface area contributed by atoms with E-state index in [9.17, 15) is 0 Å². The van der Waals surface area contributed by atoms with E-state index in [0.29, 0.717) is 6.61 Å². The van der Waals surface area contributed by atoms with Crippen LogP contribution < -0.4 is 0 Å². The molecule has 0 amide bonds. The molecular weight excluding hydrogens is 196 g/mol. The first-order valence-electron chi connectivity index (χ1n) is 4.41. The molecule has 0 saturated heterocycles. The van der Waals surface area contributed by atoms with E-state index in [1.54, 1.807) is 18.4 Å². The number of methoxy groups -OCH3 is 1. The van der Waals surface area contributed by atoms with Crippen molar-refractivity contribution < 1.29 is 4.74 Å². The van der Waals surface area contributed by atoms with Crippen LogP contribution in [0.1, 0.15) is 10.9 Å². The van der Waals surface area contributed by atoms with Crippen LogP contribution >= 0.6 is 11.3 Å². The fraction of sp³-hybridized carbons (Fsp3) is 0.500. The lowest BCUT2D eigenvalue weighted by atomic mass is 10.2. The highest BCUT2D eigenvalue weighted by atomic mass is 32.1. The maximum Gasteiger partial charge on any atom is 0.132 e. The smallest absolute Gasteiger partial charge is 0.132 e. The van der Waals surface area contributed by atoms with Gasteiger partial charge in [0.1, 0.15) is 6.04 Å². The minimum atomic E-state index is -0.148. The van der Waals surface area contributed by atoms with Crippen molar-refractivity contribution in [2.75, 3.05) is 27.3 Å². The van der Waals surface area contributed by atoms with Gasteiger partial charge in [0.2, 0.25) is 0 Å². The van der Waals surface area contributed by atoms with Crippen LogP contribution in [0.4, 0.5) is 0 Å². The second-order valence-corrected chi connectivity index (χ2v) is 4.00. The van der Waals surface area contributed by atoms with E-state index < -0.39 is 0 Å². The molecule has 0 aliphatic carbocycles. The highest BCUT2D eigenvalue weighted by Gasteiger charge is 2.16. The lowest BCUT2D eigenvalue weighted by molar-refractivity contribution is 0.151. The molecule has 0 aliphatic rings. The van der Waals surface area contributed by atoms with Crippen molar-refractivity contribution in [1.82, 2.24) is 4.90 Å². The zero-order chi connectivity index (χ0) is 10.4. The first-order chi connectivity index (χ1) is 6.79. The maximum atomic E-state index is 9.04. The Morgan fingerprint density at radius 1 is 1.71 bits per heavy atom. The second kappa shape index (κ2) is 5.76. The van der Waals surface area contributed by atoms with Gasteiger partial charge in [-0.15, -0.1) is 11.3 Å². The number of rotatable bonds is 5. The van der Waals surface area contributed by atoms with Crippen LogP contribution in [0.15, 0.2) is 17.5 Å². The zero-order valence-corrected chi connectivity index (χ0v) is 9.25. The standard InChI is InChI=1S/C10H14N2OS/c1-12(5-6-13-2)9(8-11)10-4-3-7-14-10/h3-4,7,9H,5-6H2,1-2H3. The van der Waals surface area contributed by atoms with Crippen molar-refractivity contribution >= 4 is 11.3 Å². The lowest BCUT2D eigenvalue weighted by Gasteiger charge is -2.20. The third kappa shape index (κ3) is 2.81. The van der Waals surface area contributed by atoms with E-state index in [1.807, 2.05) is 29.5 Å². The zero-order valence-electron chi connectivity index (χ0n) is 8.43. The van der Waals surface area contributed by atoms with Crippen LogP contribution in [0.3, 0.4) is 0 Å². The Morgan fingerprint density at radius 2 is 2.50 bits per heavy atom. The van der Waals surface area contributed by atoms with Crippen LogP contribution in [0.2, 0.25) is 0 Å². The van der Waals surface area contributed by atoms with Crippen LogP contribution in [0.5, 0.6) is 0 Å². The third-order valence-corrected chi connectivity index (χ3v) is 2.95. The number of ether oxygens (including phenoxy) is 1. The van der Waals surface area contributed by atoms with Crippen molar-refractivity contribution in [3.8, 4) is 6.07 Å². The molecule has 14 heavy (non-hydrogen) atoms. The van der Waals surface area contributed by atoms with Crippen molar-refractivity contribution in [3.63, 3.8) is 0 Å². The fourth-order valence-electron chi connectivity index (χ4n) is 1.19. The van der Waals surface area contributed by atoms with Gasteiger partial charge in [0.15, 0.2) is 0 Å². The molecule has 1 unspecified atom stereocenters. The van der Waals surface area contributed by atoms with Gasteiger partial charge in [-0.2, -0.15) is 5.26 Å². The average molecular weight is 210 g/mol. The van der Waals surface area contributed by atoms with Crippen LogP contribution in [-0.2, 0) is 4.74 Å². The first kappa shape index (κ1) is 11.2. The van der Waals surface area contributed by atoms with Crippen molar-refractivity contribution in [3.05, 3.63) is 22.4 Å². The summed E-state index contributed by atoms with van der Waals surface area (Å²) in [5.74, 6) is 0. The second-order valence-electron chi connectivity index (χ2n) is 3.02. The van der Waals surface area contributed by atoms with E-state index in [2.05, 4.69) is 6.07 Å². The number of likely N-dealkylation sites (N-methyl/N-ethyl adjacent to an activating group) is 1. The summed E-state index contributed by atoms with van der Waals surface area (Å²) in [6.45, 7) is 1.42. The van der Waals surface area contributed by atoms with Crippen molar-refractivity contribution in [2.24, 2.45) is 0 Å². The van der Waals surface area contributed by atoms with Gasteiger partial charge >= 0.3 is 0 Å². The molecule has 0 fully saturated rings. The molecule has 1 heterocycles. The van der Waals surface area contributed by atoms with Gasteiger partial charge in [0.05, 0.1) is 12.7 Å². The molecular formula is C10H14N2OS. The fourth-order valence-corrected chi connectivity index (χ4v) is 2.02. The molecule has 1 aromatic rings. The Bertz CT molecular complexity index is 292. The highest BCUT2D eigenvalue weighted by molar-refractivity contribution is 7.10. The van der Waals surface area contributed by atoms with Gasteiger partial charge in [0, 0.05) is 18.5 Å². The quantitative estimate of drug-likeness (QED) is 0.744. The minimum absolute atomic E-state index is 0.148. The Labute approximate surface area is 88.5 Å². The molecule has 0 aromatic carbocycles. The Balaban J connectivity index is 2.59. The Hall–Kier alpha value is -0.890. The Morgan fingerprint density at radius 3 is 3.00 bits per heavy atom. The monoisotopic (exact) mass is 210 g/mol. The molecule has 1 aromatic heterocycles. The van der Waals surface area contributed by atoms with E-state index in [1.165, 1.54) is 0 Å². The average Bonchev–Trinajstić information content (AvgIpc) is 2.69. The molecule has 0 radical (unpaired) electrons. The predicted octanol–water partition coefficient (Wildman–Crippen LogP) is 1.89. The number of hydrogen-bond donors (Lipinski definition) is 0. The van der Waals surface area contributed by atoms with Crippen molar-refractivity contribution in [2.45, 2.75) is 6.04 Å². The van der Waals surface area contributed by atoms with Gasteiger partial charge in [-0.05, 0) is 18.5 Å². The van der Waals surface area contributed by atoms with E-state index in [-0.39, 0.29) is 6.04 Å². The van der Waals surface area contributed by atoms with E-state index >= 15 is 0 Å². The Kier molecular flexibility index (Phi) is 4.60. The van der Waals surface area contributed by atoms with E-state index in [0.717, 1.165) is 11.4 Å². The lowest BCUT2D eigenvalue weighted by Crippen LogP contribution is -2.26. The number of hydrogen-bond acceptors (Lipinski definition) is 4. The number of nitriles is 1. The van der Waals surface area contributed by atoms with Crippen LogP contribution in [-0.4, -0.2) is 32.2 Å². The molecule has 0 N–H and O–H groups in total. The van der Waals surface area contributed by atoms with Crippen molar-refractivity contribution in [1.29, 1.82) is 5.26 Å². The summed E-state index contributed by atoms with van der Waals surface area (Å²) in [7, 11) is 3.60. The summed E-state index contributed by atoms with van der Waals surface area (Å²) in [6.07, 6.45) is 0. The summed E-state index contributed by atoms with van der Waals surface area (Å²) in [5.41, 5.74) is 0. The molecule has 4 heteroatoms. The summed E-state index contributed by atoms with van der Waals surface area (Å²) in [6, 6.07) is 6.10. The summed E-state index contributed by atoms with van der Waals surface area (Å²) < 4.78 is 4.98. The molecule has 1 atom stereocenters. The van der Waals surface area contributed by atoms with Gasteiger partial charge in [-0.25, -0.2) is 0 Å². The van der Waals surface area contributed by atoms with Gasteiger partial charge in [0.25, 0.3) is 0 Å². The minimum Gasteiger partial charge on any atom is -0.383 e. The normalized spacial score (nSPS) is 12.7. The molecule has 3 nitrogen and oxygen atoms in total. The SMILES string of the molecule is COCCN(C)C(C#N)c1cccs1. The molecule has 0 saturated carbocycles. The largest absolute Gasteiger partial charge is 0.383 e. The van der Waals surface area contributed by atoms with Crippen LogP contribution in [0, 0.1) is 11.3 Å². The van der Waals surface area contributed by atoms with Gasteiger partial charge < -0.3 is 4.74 Å². The highest BCUT2D eigenvalue weighted by Crippen LogP contribution is 2.22. The maximum absolute atomic E-state index is 9.04. The first-order valence-corrected chi connectivity index (χ1v) is 5.29. The summed E-state index contributed by atoms with van der Waals surface area (Å²) >= 11 is 1.61. The van der Waals surface area contributed by atoms with E-state index in [4.69, 9.17) is 10.00 Å². The molecule has 0 bridgehead atoms. The number of thiophene rings is 1. The molecule has 0 aliphatic heterocycles. The molecule has 0 spiro atoms. The van der Waals surface area contributed by atoms with Gasteiger partial charge in [-0.3, -0.25) is 4.90 Å². The summed E-state index contributed by atoms with van der Waals surface area (Å²) in [5, 5.41) is 11.0. The number of nitrogens with zero attached hydrogens (tertiary/aromatic N) is 2. The third-order valence-electron chi connectivity index (χ3n) is 2.02. The topological polar surface area (TPSA) is 36.3 Å². The summed E-state index contributed by atoms with van der Waals surface area (Å²) in [4.78, 5) is 3.08.